The van der Waals surface area contributed by atoms with Crippen LogP contribution in [0.25, 0.3) is 0 Å². The van der Waals surface area contributed by atoms with Gasteiger partial charge in [-0.05, 0) is 24.3 Å². The van der Waals surface area contributed by atoms with E-state index in [2.05, 4.69) is 5.32 Å². The fourth-order valence-electron chi connectivity index (χ4n) is 2.36. The molecule has 0 bridgehead atoms. The minimum Gasteiger partial charge on any atom is -0.484 e. The lowest BCUT2D eigenvalue weighted by molar-refractivity contribution is -0.138. The van der Waals surface area contributed by atoms with E-state index in [1.807, 2.05) is 4.90 Å². The average molecular weight is 353 g/mol. The zero-order valence-corrected chi connectivity index (χ0v) is 13.6. The Labute approximate surface area is 144 Å². The van der Waals surface area contributed by atoms with Crippen LogP contribution in [-0.4, -0.2) is 78.6 Å². The number of carboxylic acids is 1. The number of piperazine rings is 1. The van der Waals surface area contributed by atoms with Gasteiger partial charge in [0.1, 0.15) is 18.1 Å². The summed E-state index contributed by atoms with van der Waals surface area (Å²) >= 11 is 0. The summed E-state index contributed by atoms with van der Waals surface area (Å²) in [6, 6.07) is 5.43. The third kappa shape index (κ3) is 6.38. The van der Waals surface area contributed by atoms with Crippen LogP contribution >= 0.6 is 0 Å². The SMILES string of the molecule is O=C(O)CNC(=O)CN1CCN(C(=O)COc2ccc(F)cc2)CC1. The van der Waals surface area contributed by atoms with Gasteiger partial charge in [0, 0.05) is 26.2 Å². The molecular formula is C16H20FN3O5. The van der Waals surface area contributed by atoms with Crippen molar-refractivity contribution in [3.63, 3.8) is 0 Å². The molecule has 1 saturated heterocycles. The van der Waals surface area contributed by atoms with E-state index in [1.54, 1.807) is 4.90 Å². The number of halogens is 1. The summed E-state index contributed by atoms with van der Waals surface area (Å²) in [7, 11) is 0. The van der Waals surface area contributed by atoms with E-state index in [0.29, 0.717) is 31.9 Å². The molecular weight excluding hydrogens is 333 g/mol. The standard InChI is InChI=1S/C16H20FN3O5/c17-12-1-3-13(4-2-12)25-11-15(22)20-7-5-19(6-8-20)10-14(21)18-9-16(23)24/h1-4H,5-11H2,(H,18,21)(H,23,24). The first kappa shape index (κ1) is 18.7. The van der Waals surface area contributed by atoms with Gasteiger partial charge in [0.15, 0.2) is 6.61 Å². The molecule has 8 nitrogen and oxygen atoms in total. The Bertz CT molecular complexity index is 615. The summed E-state index contributed by atoms with van der Waals surface area (Å²) in [6.45, 7) is 1.51. The van der Waals surface area contributed by atoms with Crippen LogP contribution in [0.2, 0.25) is 0 Å². The van der Waals surface area contributed by atoms with Gasteiger partial charge in [0.25, 0.3) is 5.91 Å². The monoisotopic (exact) mass is 353 g/mol. The molecule has 1 aliphatic rings. The van der Waals surface area contributed by atoms with Gasteiger partial charge in [-0.3, -0.25) is 19.3 Å². The maximum absolute atomic E-state index is 12.8. The fraction of sp³-hybridized carbons (Fsp3) is 0.438. The maximum Gasteiger partial charge on any atom is 0.322 e. The molecule has 0 saturated carbocycles. The van der Waals surface area contributed by atoms with Crippen LogP contribution in [0.3, 0.4) is 0 Å². The number of ether oxygens (including phenoxy) is 1. The van der Waals surface area contributed by atoms with Crippen molar-refractivity contribution >= 4 is 17.8 Å². The number of amides is 2. The molecule has 0 spiro atoms. The number of hydrogen-bond donors (Lipinski definition) is 2. The third-order valence-corrected chi connectivity index (χ3v) is 3.70. The van der Waals surface area contributed by atoms with E-state index in [4.69, 9.17) is 9.84 Å². The van der Waals surface area contributed by atoms with Crippen LogP contribution in [0.1, 0.15) is 0 Å². The van der Waals surface area contributed by atoms with Gasteiger partial charge in [0.05, 0.1) is 6.54 Å². The summed E-state index contributed by atoms with van der Waals surface area (Å²) in [5.41, 5.74) is 0. The second-order valence-corrected chi connectivity index (χ2v) is 5.57. The quantitative estimate of drug-likeness (QED) is 0.689. The Hall–Kier alpha value is -2.68. The molecule has 0 radical (unpaired) electrons. The molecule has 0 unspecified atom stereocenters. The Morgan fingerprint density at radius 2 is 1.76 bits per heavy atom. The van der Waals surface area contributed by atoms with Crippen LogP contribution in [0.4, 0.5) is 4.39 Å². The van der Waals surface area contributed by atoms with Crippen LogP contribution in [-0.2, 0) is 14.4 Å². The lowest BCUT2D eigenvalue weighted by Crippen LogP contribution is -2.52. The first-order chi connectivity index (χ1) is 11.9. The van der Waals surface area contributed by atoms with Gasteiger partial charge in [-0.2, -0.15) is 0 Å². The zero-order chi connectivity index (χ0) is 18.2. The van der Waals surface area contributed by atoms with Crippen molar-refractivity contribution in [2.45, 2.75) is 0 Å². The van der Waals surface area contributed by atoms with E-state index in [9.17, 15) is 18.8 Å². The average Bonchev–Trinajstić information content (AvgIpc) is 2.60. The molecule has 1 aliphatic heterocycles. The van der Waals surface area contributed by atoms with Crippen molar-refractivity contribution in [2.75, 3.05) is 45.9 Å². The van der Waals surface area contributed by atoms with E-state index in [0.717, 1.165) is 0 Å². The molecule has 2 rings (SSSR count). The predicted octanol–water partition coefficient (Wildman–Crippen LogP) is -0.450. The molecule has 136 valence electrons. The topological polar surface area (TPSA) is 99.2 Å². The molecule has 2 amide bonds. The number of nitrogens with zero attached hydrogens (tertiary/aromatic N) is 2. The van der Waals surface area contributed by atoms with Crippen molar-refractivity contribution in [1.29, 1.82) is 0 Å². The van der Waals surface area contributed by atoms with Gasteiger partial charge >= 0.3 is 5.97 Å². The Morgan fingerprint density at radius 1 is 1.12 bits per heavy atom. The molecule has 2 N–H and O–H groups in total. The van der Waals surface area contributed by atoms with Gasteiger partial charge in [-0.15, -0.1) is 0 Å². The molecule has 25 heavy (non-hydrogen) atoms. The lowest BCUT2D eigenvalue weighted by atomic mass is 10.3. The van der Waals surface area contributed by atoms with Crippen molar-refractivity contribution in [3.8, 4) is 5.75 Å². The number of carbonyl (C=O) groups is 3. The summed E-state index contributed by atoms with van der Waals surface area (Å²) in [6.07, 6.45) is 0. The second kappa shape index (κ2) is 8.97. The van der Waals surface area contributed by atoms with Gasteiger partial charge in [-0.1, -0.05) is 0 Å². The molecule has 0 aromatic heterocycles. The van der Waals surface area contributed by atoms with Gasteiger partial charge < -0.3 is 20.1 Å². The lowest BCUT2D eigenvalue weighted by Gasteiger charge is -2.34. The number of hydrogen-bond acceptors (Lipinski definition) is 5. The smallest absolute Gasteiger partial charge is 0.322 e. The highest BCUT2D eigenvalue weighted by Crippen LogP contribution is 2.11. The molecule has 1 aromatic rings. The highest BCUT2D eigenvalue weighted by Gasteiger charge is 2.22. The zero-order valence-electron chi connectivity index (χ0n) is 13.6. The van der Waals surface area contributed by atoms with Gasteiger partial charge in [0.2, 0.25) is 5.91 Å². The van der Waals surface area contributed by atoms with Crippen molar-refractivity contribution in [2.24, 2.45) is 0 Å². The Balaban J connectivity index is 1.68. The molecule has 9 heteroatoms. The first-order valence-corrected chi connectivity index (χ1v) is 7.81. The molecule has 0 aliphatic carbocycles. The number of carboxylic acid groups (broad SMARTS) is 1. The first-order valence-electron chi connectivity index (χ1n) is 7.81. The summed E-state index contributed by atoms with van der Waals surface area (Å²) in [5, 5.41) is 10.8. The fourth-order valence-corrected chi connectivity index (χ4v) is 2.36. The third-order valence-electron chi connectivity index (χ3n) is 3.70. The van der Waals surface area contributed by atoms with E-state index in [-0.39, 0.29) is 30.8 Å². The molecule has 1 fully saturated rings. The Kier molecular flexibility index (Phi) is 6.70. The predicted molar refractivity (Wildman–Crippen MR) is 85.6 cm³/mol. The largest absolute Gasteiger partial charge is 0.484 e. The highest BCUT2D eigenvalue weighted by molar-refractivity contribution is 5.82. The van der Waals surface area contributed by atoms with Crippen molar-refractivity contribution in [3.05, 3.63) is 30.1 Å². The number of nitrogens with one attached hydrogen (secondary N) is 1. The van der Waals surface area contributed by atoms with E-state index < -0.39 is 12.5 Å². The van der Waals surface area contributed by atoms with Crippen LogP contribution in [0.5, 0.6) is 5.75 Å². The highest BCUT2D eigenvalue weighted by atomic mass is 19.1. The number of rotatable bonds is 7. The number of aliphatic carboxylic acids is 1. The minimum absolute atomic E-state index is 0.0986. The molecule has 1 aromatic carbocycles. The molecule has 1 heterocycles. The number of carbonyl (C=O) groups excluding carboxylic acids is 2. The van der Waals surface area contributed by atoms with Crippen molar-refractivity contribution < 1.29 is 28.6 Å². The van der Waals surface area contributed by atoms with Crippen molar-refractivity contribution in [1.82, 2.24) is 15.1 Å². The summed E-state index contributed by atoms with van der Waals surface area (Å²) in [5.74, 6) is -1.59. The minimum atomic E-state index is -1.09. The maximum atomic E-state index is 12.8. The van der Waals surface area contributed by atoms with Crippen LogP contribution in [0.15, 0.2) is 24.3 Å². The van der Waals surface area contributed by atoms with E-state index >= 15 is 0 Å². The van der Waals surface area contributed by atoms with Crippen LogP contribution in [0, 0.1) is 5.82 Å². The second-order valence-electron chi connectivity index (χ2n) is 5.57. The number of benzene rings is 1. The Morgan fingerprint density at radius 3 is 2.36 bits per heavy atom. The summed E-state index contributed by atoms with van der Waals surface area (Å²) < 4.78 is 18.1. The van der Waals surface area contributed by atoms with Gasteiger partial charge in [-0.25, -0.2) is 4.39 Å². The normalized spacial score (nSPS) is 14.8. The molecule has 0 atom stereocenters. The van der Waals surface area contributed by atoms with E-state index in [1.165, 1.54) is 24.3 Å². The van der Waals surface area contributed by atoms with Crippen LogP contribution < -0.4 is 10.1 Å². The summed E-state index contributed by atoms with van der Waals surface area (Å²) in [4.78, 5) is 37.6.